The molecular weight excluding hydrogens is 376 g/mol. The van der Waals surface area contributed by atoms with E-state index in [4.69, 9.17) is 4.74 Å². The Balaban J connectivity index is 1.79. The number of rotatable bonds is 5. The number of ether oxygens (including phenoxy) is 1. The van der Waals surface area contributed by atoms with Gasteiger partial charge in [0.2, 0.25) is 0 Å². The van der Waals surface area contributed by atoms with Gasteiger partial charge in [0.05, 0.1) is 12.0 Å². The zero-order chi connectivity index (χ0) is 19.9. The molecule has 3 aromatic rings. The normalized spacial score (nSPS) is 14.1. The first-order valence-electron chi connectivity index (χ1n) is 9.30. The molecule has 1 heterocycles. The lowest BCUT2D eigenvalue weighted by Gasteiger charge is -2.13. The average Bonchev–Trinajstić information content (AvgIpc) is 3.06. The molecule has 146 valence electrons. The van der Waals surface area contributed by atoms with E-state index in [0.29, 0.717) is 35.4 Å². The van der Waals surface area contributed by atoms with Gasteiger partial charge < -0.3 is 9.72 Å². The summed E-state index contributed by atoms with van der Waals surface area (Å²) in [6.07, 6.45) is 2.72. The maximum Gasteiger partial charge on any atom is 0.262 e. The number of aromatic amines is 1. The van der Waals surface area contributed by atoms with Crippen molar-refractivity contribution >= 4 is 32.4 Å². The van der Waals surface area contributed by atoms with Crippen LogP contribution in [0.25, 0.3) is 10.9 Å². The summed E-state index contributed by atoms with van der Waals surface area (Å²) in [5.74, 6) is 0.779. The number of sulfonamides is 1. The monoisotopic (exact) mass is 398 g/mol. The number of hydrogen-bond acceptors (Lipinski definition) is 4. The second kappa shape index (κ2) is 6.98. The molecule has 0 radical (unpaired) electrons. The highest BCUT2D eigenvalue weighted by molar-refractivity contribution is 7.92. The van der Waals surface area contributed by atoms with E-state index in [9.17, 15) is 13.2 Å². The predicted molar refractivity (Wildman–Crippen MR) is 109 cm³/mol. The second-order valence-electron chi connectivity index (χ2n) is 6.95. The third-order valence-electron chi connectivity index (χ3n) is 5.18. The van der Waals surface area contributed by atoms with Gasteiger partial charge in [0.25, 0.3) is 10.0 Å². The molecule has 4 rings (SSSR count). The van der Waals surface area contributed by atoms with E-state index in [1.165, 1.54) is 0 Å². The molecule has 0 spiro atoms. The topological polar surface area (TPSA) is 88.3 Å². The first kappa shape index (κ1) is 18.6. The van der Waals surface area contributed by atoms with Gasteiger partial charge in [0.15, 0.2) is 5.78 Å². The zero-order valence-corrected chi connectivity index (χ0v) is 16.7. The molecule has 1 aliphatic rings. The molecule has 0 bridgehead atoms. The van der Waals surface area contributed by atoms with Crippen LogP contribution < -0.4 is 9.46 Å². The molecule has 1 aromatic heterocycles. The minimum absolute atomic E-state index is 0.126. The number of methoxy groups -OCH3 is 1. The van der Waals surface area contributed by atoms with Crippen molar-refractivity contribution in [1.82, 2.24) is 4.98 Å². The Hall–Kier alpha value is -2.80. The number of ketones is 1. The summed E-state index contributed by atoms with van der Waals surface area (Å²) in [7, 11) is -2.22. The van der Waals surface area contributed by atoms with Crippen LogP contribution in [-0.2, 0) is 22.9 Å². The largest absolute Gasteiger partial charge is 0.497 e. The summed E-state index contributed by atoms with van der Waals surface area (Å²) >= 11 is 0. The van der Waals surface area contributed by atoms with Crippen molar-refractivity contribution < 1.29 is 17.9 Å². The van der Waals surface area contributed by atoms with Gasteiger partial charge in [-0.25, -0.2) is 8.42 Å². The summed E-state index contributed by atoms with van der Waals surface area (Å²) in [4.78, 5) is 15.9. The Bertz CT molecular complexity index is 1160. The van der Waals surface area contributed by atoms with Crippen molar-refractivity contribution in [2.45, 2.75) is 37.5 Å². The van der Waals surface area contributed by atoms with E-state index < -0.39 is 10.0 Å². The van der Waals surface area contributed by atoms with E-state index in [-0.39, 0.29) is 10.7 Å². The quantitative estimate of drug-likeness (QED) is 0.678. The van der Waals surface area contributed by atoms with Crippen molar-refractivity contribution in [3.8, 4) is 5.75 Å². The van der Waals surface area contributed by atoms with E-state index >= 15 is 0 Å². The first-order chi connectivity index (χ1) is 13.4. The molecule has 0 amide bonds. The minimum atomic E-state index is -3.78. The Kier molecular flexibility index (Phi) is 4.63. The Morgan fingerprint density at radius 2 is 1.89 bits per heavy atom. The summed E-state index contributed by atoms with van der Waals surface area (Å²) in [5.41, 5.74) is 3.47. The summed E-state index contributed by atoms with van der Waals surface area (Å²) in [6.45, 7) is 1.91. The van der Waals surface area contributed by atoms with Gasteiger partial charge in [0, 0.05) is 34.3 Å². The van der Waals surface area contributed by atoms with E-state index in [0.717, 1.165) is 29.5 Å². The fraction of sp³-hybridized carbons (Fsp3) is 0.286. The van der Waals surface area contributed by atoms with Gasteiger partial charge in [-0.2, -0.15) is 0 Å². The lowest BCUT2D eigenvalue weighted by molar-refractivity contribution is 0.0974. The smallest absolute Gasteiger partial charge is 0.262 e. The molecule has 0 atom stereocenters. The molecule has 0 fully saturated rings. The van der Waals surface area contributed by atoms with Crippen LogP contribution in [0.15, 0.2) is 41.3 Å². The summed E-state index contributed by atoms with van der Waals surface area (Å²) < 4.78 is 33.9. The van der Waals surface area contributed by atoms with Gasteiger partial charge in [-0.05, 0) is 61.2 Å². The first-order valence-corrected chi connectivity index (χ1v) is 10.8. The third kappa shape index (κ3) is 3.16. The molecule has 0 saturated heterocycles. The van der Waals surface area contributed by atoms with Crippen LogP contribution in [0.3, 0.4) is 0 Å². The number of aromatic nitrogens is 1. The van der Waals surface area contributed by atoms with Gasteiger partial charge in [-0.3, -0.25) is 9.52 Å². The van der Waals surface area contributed by atoms with Crippen molar-refractivity contribution in [2.24, 2.45) is 0 Å². The highest BCUT2D eigenvalue weighted by atomic mass is 32.2. The lowest BCUT2D eigenvalue weighted by Crippen LogP contribution is -2.15. The van der Waals surface area contributed by atoms with Crippen LogP contribution in [0.4, 0.5) is 5.69 Å². The highest BCUT2D eigenvalue weighted by Crippen LogP contribution is 2.33. The number of nitrogens with one attached hydrogen (secondary N) is 2. The van der Waals surface area contributed by atoms with Crippen LogP contribution in [0, 0.1) is 0 Å². The second-order valence-corrected chi connectivity index (χ2v) is 8.60. The molecule has 1 aliphatic carbocycles. The van der Waals surface area contributed by atoms with Crippen LogP contribution in [0.2, 0.25) is 0 Å². The maximum atomic E-state index is 13.1. The van der Waals surface area contributed by atoms with E-state index in [1.54, 1.807) is 37.4 Å². The minimum Gasteiger partial charge on any atom is -0.497 e. The molecule has 0 saturated carbocycles. The number of aryl methyl sites for hydroxylation is 2. The number of benzene rings is 2. The number of carbonyl (C=O) groups excluding carboxylic acids is 1. The Morgan fingerprint density at radius 1 is 1.14 bits per heavy atom. The Morgan fingerprint density at radius 3 is 2.57 bits per heavy atom. The lowest BCUT2D eigenvalue weighted by atomic mass is 9.94. The van der Waals surface area contributed by atoms with Crippen LogP contribution in [0.1, 0.15) is 41.4 Å². The number of carbonyl (C=O) groups is 1. The summed E-state index contributed by atoms with van der Waals surface area (Å²) in [6, 6.07) is 10.2. The number of H-pyrrole nitrogens is 1. The third-order valence-corrected chi connectivity index (χ3v) is 6.64. The van der Waals surface area contributed by atoms with Crippen LogP contribution in [0.5, 0.6) is 5.75 Å². The van der Waals surface area contributed by atoms with Crippen molar-refractivity contribution in [3.05, 3.63) is 53.2 Å². The van der Waals surface area contributed by atoms with Crippen LogP contribution >= 0.6 is 0 Å². The number of anilines is 1. The van der Waals surface area contributed by atoms with Crippen LogP contribution in [-0.4, -0.2) is 26.3 Å². The van der Waals surface area contributed by atoms with Crippen molar-refractivity contribution in [1.29, 1.82) is 0 Å². The Labute approximate surface area is 164 Å². The van der Waals surface area contributed by atoms with Gasteiger partial charge in [0.1, 0.15) is 5.75 Å². The standard InChI is InChI=1S/C21H22N2O4S/c1-3-13-11-16-18(22-17-5-4-6-19(24)21(16)17)12-20(13)28(25,26)23-14-7-9-15(27-2)10-8-14/h7-12,22-23H,3-6H2,1-2H3. The molecular formula is C21H22N2O4S. The zero-order valence-electron chi connectivity index (χ0n) is 15.8. The molecule has 7 heteroatoms. The average molecular weight is 398 g/mol. The molecule has 28 heavy (non-hydrogen) atoms. The fourth-order valence-corrected chi connectivity index (χ4v) is 5.15. The van der Waals surface area contributed by atoms with Gasteiger partial charge >= 0.3 is 0 Å². The predicted octanol–water partition coefficient (Wildman–Crippen LogP) is 4.06. The van der Waals surface area contributed by atoms with Crippen molar-refractivity contribution in [3.63, 3.8) is 0 Å². The summed E-state index contributed by atoms with van der Waals surface area (Å²) in [5, 5.41) is 0.819. The molecule has 2 aromatic carbocycles. The molecule has 0 aliphatic heterocycles. The number of hydrogen-bond donors (Lipinski definition) is 2. The fourth-order valence-electron chi connectivity index (χ4n) is 3.77. The van der Waals surface area contributed by atoms with E-state index in [1.807, 2.05) is 13.0 Å². The SMILES string of the molecule is CCc1cc2c3c([nH]c2cc1S(=O)(=O)Nc1ccc(OC)cc1)CCCC3=O. The van der Waals surface area contributed by atoms with Gasteiger partial charge in [-0.1, -0.05) is 6.92 Å². The maximum absolute atomic E-state index is 13.1. The number of Topliss-reactive ketones (excluding diaryl/α,β-unsaturated/α-hetero) is 1. The molecule has 0 unspecified atom stereocenters. The van der Waals surface area contributed by atoms with Crippen molar-refractivity contribution in [2.75, 3.05) is 11.8 Å². The highest BCUT2D eigenvalue weighted by Gasteiger charge is 2.25. The number of fused-ring (bicyclic) bond motifs is 3. The van der Waals surface area contributed by atoms with E-state index in [2.05, 4.69) is 9.71 Å². The van der Waals surface area contributed by atoms with Gasteiger partial charge in [-0.15, -0.1) is 0 Å². The molecule has 2 N–H and O–H groups in total. The molecule has 6 nitrogen and oxygen atoms in total.